The molecule has 2 heterocycles. The Balaban J connectivity index is 1.83. The fourth-order valence-electron chi connectivity index (χ4n) is 2.58. The van der Waals surface area contributed by atoms with Crippen molar-refractivity contribution >= 4 is 11.6 Å². The smallest absolute Gasteiger partial charge is 0.136 e. The van der Waals surface area contributed by atoms with Gasteiger partial charge in [0.15, 0.2) is 0 Å². The predicted octanol–water partition coefficient (Wildman–Crippen LogP) is 2.40. The van der Waals surface area contributed by atoms with E-state index in [1.165, 1.54) is 12.8 Å². The molecule has 1 aromatic rings. The first-order valence-corrected chi connectivity index (χ1v) is 7.79. The van der Waals surface area contributed by atoms with E-state index < -0.39 is 0 Å². The zero-order valence-electron chi connectivity index (χ0n) is 12.4. The second-order valence-electron chi connectivity index (χ2n) is 5.62. The maximum Gasteiger partial charge on any atom is 0.136 e. The van der Waals surface area contributed by atoms with E-state index in [1.807, 2.05) is 0 Å². The maximum absolute atomic E-state index is 5.75. The molecule has 1 unspecified atom stereocenters. The molecule has 2 aliphatic rings. The summed E-state index contributed by atoms with van der Waals surface area (Å²) in [7, 11) is 0. The molecular formula is C15H24N4O. The van der Waals surface area contributed by atoms with Gasteiger partial charge in [-0.05, 0) is 26.2 Å². The highest BCUT2D eigenvalue weighted by atomic mass is 16.5. The molecule has 1 aliphatic carbocycles. The second kappa shape index (κ2) is 5.95. The zero-order chi connectivity index (χ0) is 13.9. The Morgan fingerprint density at radius 1 is 1.35 bits per heavy atom. The summed E-state index contributed by atoms with van der Waals surface area (Å²) < 4.78 is 5.75. The molecule has 3 rings (SSSR count). The average Bonchev–Trinajstić information content (AvgIpc) is 3.32. The average molecular weight is 276 g/mol. The minimum atomic E-state index is 0.325. The first kappa shape index (κ1) is 13.6. The van der Waals surface area contributed by atoms with E-state index in [4.69, 9.17) is 9.72 Å². The predicted molar refractivity (Wildman–Crippen MR) is 80.4 cm³/mol. The summed E-state index contributed by atoms with van der Waals surface area (Å²) in [4.78, 5) is 11.8. The van der Waals surface area contributed by atoms with Gasteiger partial charge in [0.05, 0.1) is 12.7 Å². The topological polar surface area (TPSA) is 50.3 Å². The SMILES string of the molecule is CCNc1cc(N2CCOC(CC)C2)nc(C2CC2)n1. The fraction of sp³-hybridized carbons (Fsp3) is 0.733. The van der Waals surface area contributed by atoms with Crippen LogP contribution in [0, 0.1) is 0 Å². The number of nitrogens with one attached hydrogen (secondary N) is 1. The monoisotopic (exact) mass is 276 g/mol. The lowest BCUT2D eigenvalue weighted by atomic mass is 10.2. The summed E-state index contributed by atoms with van der Waals surface area (Å²) in [5.74, 6) is 3.60. The summed E-state index contributed by atoms with van der Waals surface area (Å²) in [6.45, 7) is 7.81. The van der Waals surface area contributed by atoms with Gasteiger partial charge in [0.2, 0.25) is 0 Å². The molecule has 5 nitrogen and oxygen atoms in total. The molecule has 5 heteroatoms. The molecule has 1 N–H and O–H groups in total. The lowest BCUT2D eigenvalue weighted by molar-refractivity contribution is 0.0381. The summed E-state index contributed by atoms with van der Waals surface area (Å²) >= 11 is 0. The molecule has 1 aromatic heterocycles. The van der Waals surface area contributed by atoms with Crippen LogP contribution in [0.5, 0.6) is 0 Å². The van der Waals surface area contributed by atoms with Gasteiger partial charge < -0.3 is 15.0 Å². The maximum atomic E-state index is 5.75. The van der Waals surface area contributed by atoms with Crippen LogP contribution in [0.3, 0.4) is 0 Å². The lowest BCUT2D eigenvalue weighted by Crippen LogP contribution is -2.42. The van der Waals surface area contributed by atoms with E-state index in [-0.39, 0.29) is 0 Å². The Hall–Kier alpha value is -1.36. The van der Waals surface area contributed by atoms with Gasteiger partial charge >= 0.3 is 0 Å². The van der Waals surface area contributed by atoms with Crippen LogP contribution in [-0.2, 0) is 4.74 Å². The van der Waals surface area contributed by atoms with Crippen LogP contribution >= 0.6 is 0 Å². The number of nitrogens with zero attached hydrogens (tertiary/aromatic N) is 3. The largest absolute Gasteiger partial charge is 0.375 e. The Kier molecular flexibility index (Phi) is 4.05. The molecular weight excluding hydrogens is 252 g/mol. The van der Waals surface area contributed by atoms with Crippen LogP contribution in [0.15, 0.2) is 6.07 Å². The summed E-state index contributed by atoms with van der Waals surface area (Å²) in [5, 5.41) is 3.33. The summed E-state index contributed by atoms with van der Waals surface area (Å²) in [6, 6.07) is 2.08. The van der Waals surface area contributed by atoms with Crippen LogP contribution in [0.2, 0.25) is 0 Å². The van der Waals surface area contributed by atoms with Gasteiger partial charge in [0, 0.05) is 31.6 Å². The molecule has 1 aliphatic heterocycles. The minimum Gasteiger partial charge on any atom is -0.375 e. The van der Waals surface area contributed by atoms with Gasteiger partial charge in [-0.3, -0.25) is 0 Å². The molecule has 2 fully saturated rings. The Bertz CT molecular complexity index is 461. The van der Waals surface area contributed by atoms with Crippen molar-refractivity contribution in [2.75, 3.05) is 36.5 Å². The van der Waals surface area contributed by atoms with Crippen molar-refractivity contribution in [3.8, 4) is 0 Å². The molecule has 0 spiro atoms. The number of hydrogen-bond acceptors (Lipinski definition) is 5. The molecule has 0 amide bonds. The number of ether oxygens (including phenoxy) is 1. The first-order chi connectivity index (χ1) is 9.80. The van der Waals surface area contributed by atoms with E-state index in [0.717, 1.165) is 50.1 Å². The number of hydrogen-bond donors (Lipinski definition) is 1. The van der Waals surface area contributed by atoms with Gasteiger partial charge in [0.1, 0.15) is 17.5 Å². The Morgan fingerprint density at radius 2 is 2.20 bits per heavy atom. The van der Waals surface area contributed by atoms with Gasteiger partial charge in [-0.2, -0.15) is 0 Å². The highest BCUT2D eigenvalue weighted by Crippen LogP contribution is 2.39. The second-order valence-corrected chi connectivity index (χ2v) is 5.62. The molecule has 1 saturated heterocycles. The van der Waals surface area contributed by atoms with E-state index in [9.17, 15) is 0 Å². The number of aromatic nitrogens is 2. The van der Waals surface area contributed by atoms with E-state index >= 15 is 0 Å². The highest BCUT2D eigenvalue weighted by molar-refractivity contribution is 5.50. The third-order valence-electron chi connectivity index (χ3n) is 3.95. The van der Waals surface area contributed by atoms with Crippen LogP contribution in [-0.4, -0.2) is 42.3 Å². The van der Waals surface area contributed by atoms with Crippen molar-refractivity contribution in [1.29, 1.82) is 0 Å². The van der Waals surface area contributed by atoms with Crippen molar-refractivity contribution in [2.45, 2.75) is 45.1 Å². The standard InChI is InChI=1S/C15H24N4O/c1-3-12-10-19(7-8-20-12)14-9-13(16-4-2)17-15(18-14)11-5-6-11/h9,11-12H,3-8,10H2,1-2H3,(H,16,17,18). The van der Waals surface area contributed by atoms with E-state index in [2.05, 4.69) is 35.1 Å². The van der Waals surface area contributed by atoms with Crippen LogP contribution in [0.4, 0.5) is 11.6 Å². The van der Waals surface area contributed by atoms with Crippen molar-refractivity contribution in [3.05, 3.63) is 11.9 Å². The number of anilines is 2. The van der Waals surface area contributed by atoms with Gasteiger partial charge in [-0.1, -0.05) is 6.92 Å². The molecule has 0 radical (unpaired) electrons. The first-order valence-electron chi connectivity index (χ1n) is 7.79. The molecule has 0 bridgehead atoms. The van der Waals surface area contributed by atoms with Crippen molar-refractivity contribution in [1.82, 2.24) is 9.97 Å². The van der Waals surface area contributed by atoms with E-state index in [0.29, 0.717) is 12.0 Å². The number of rotatable bonds is 5. The molecule has 0 aromatic carbocycles. The van der Waals surface area contributed by atoms with Crippen molar-refractivity contribution < 1.29 is 4.74 Å². The quantitative estimate of drug-likeness (QED) is 0.895. The Labute approximate surface area is 120 Å². The Morgan fingerprint density at radius 3 is 2.90 bits per heavy atom. The highest BCUT2D eigenvalue weighted by Gasteiger charge is 2.28. The molecule has 20 heavy (non-hydrogen) atoms. The summed E-state index contributed by atoms with van der Waals surface area (Å²) in [6.07, 6.45) is 3.84. The normalized spacial score (nSPS) is 22.9. The number of morpholine rings is 1. The van der Waals surface area contributed by atoms with Crippen molar-refractivity contribution in [2.24, 2.45) is 0 Å². The third kappa shape index (κ3) is 3.03. The molecule has 110 valence electrons. The van der Waals surface area contributed by atoms with Gasteiger partial charge in [0.25, 0.3) is 0 Å². The van der Waals surface area contributed by atoms with Crippen molar-refractivity contribution in [3.63, 3.8) is 0 Å². The van der Waals surface area contributed by atoms with E-state index in [1.54, 1.807) is 0 Å². The fourth-order valence-corrected chi connectivity index (χ4v) is 2.58. The van der Waals surface area contributed by atoms with Crippen LogP contribution in [0.25, 0.3) is 0 Å². The molecule has 1 saturated carbocycles. The minimum absolute atomic E-state index is 0.325. The lowest BCUT2D eigenvalue weighted by Gasteiger charge is -2.33. The summed E-state index contributed by atoms with van der Waals surface area (Å²) in [5.41, 5.74) is 0. The van der Waals surface area contributed by atoms with Gasteiger partial charge in [-0.15, -0.1) is 0 Å². The van der Waals surface area contributed by atoms with Crippen LogP contribution < -0.4 is 10.2 Å². The zero-order valence-corrected chi connectivity index (χ0v) is 12.4. The molecule has 1 atom stereocenters. The third-order valence-corrected chi connectivity index (χ3v) is 3.95. The van der Waals surface area contributed by atoms with Gasteiger partial charge in [-0.25, -0.2) is 9.97 Å². The van der Waals surface area contributed by atoms with Crippen LogP contribution in [0.1, 0.15) is 44.9 Å².